The summed E-state index contributed by atoms with van der Waals surface area (Å²) in [5, 5.41) is 0.492. The zero-order valence-electron chi connectivity index (χ0n) is 10.3. The smallest absolute Gasteiger partial charge is 0.138 e. The molecule has 0 spiro atoms. The lowest BCUT2D eigenvalue weighted by atomic mass is 10.2. The minimum Gasteiger partial charge on any atom is -0.356 e. The summed E-state index contributed by atoms with van der Waals surface area (Å²) >= 11 is 12.1. The van der Waals surface area contributed by atoms with E-state index in [1.54, 1.807) is 6.33 Å². The van der Waals surface area contributed by atoms with Gasteiger partial charge in [-0.15, -0.1) is 11.6 Å². The van der Waals surface area contributed by atoms with E-state index in [2.05, 4.69) is 14.9 Å². The SMILES string of the molecule is ClCc1c(Cl)ncnc1N(CC1CC1)CC1CC1. The second-order valence-corrected chi connectivity index (χ2v) is 6.02. The van der Waals surface area contributed by atoms with Gasteiger partial charge in [0.15, 0.2) is 0 Å². The monoisotopic (exact) mass is 285 g/mol. The van der Waals surface area contributed by atoms with E-state index in [1.165, 1.54) is 25.7 Å². The van der Waals surface area contributed by atoms with Crippen molar-refractivity contribution >= 4 is 29.0 Å². The molecule has 0 amide bonds. The molecule has 18 heavy (non-hydrogen) atoms. The van der Waals surface area contributed by atoms with Gasteiger partial charge in [0.2, 0.25) is 0 Å². The molecule has 0 unspecified atom stereocenters. The lowest BCUT2D eigenvalue weighted by Gasteiger charge is -2.25. The van der Waals surface area contributed by atoms with Crippen LogP contribution in [0.4, 0.5) is 5.82 Å². The Morgan fingerprint density at radius 3 is 2.22 bits per heavy atom. The van der Waals surface area contributed by atoms with Crippen LogP contribution in [0.2, 0.25) is 5.15 Å². The first-order valence-electron chi connectivity index (χ1n) is 6.58. The summed E-state index contributed by atoms with van der Waals surface area (Å²) in [6, 6.07) is 0. The quantitative estimate of drug-likeness (QED) is 0.592. The molecule has 0 aliphatic heterocycles. The zero-order chi connectivity index (χ0) is 12.5. The second kappa shape index (κ2) is 5.22. The third-order valence-corrected chi connectivity index (χ3v) is 4.25. The maximum atomic E-state index is 6.12. The number of alkyl halides is 1. The first-order valence-corrected chi connectivity index (χ1v) is 7.49. The predicted octanol–water partition coefficient (Wildman–Crippen LogP) is 3.50. The number of anilines is 1. The van der Waals surface area contributed by atoms with Crippen LogP contribution >= 0.6 is 23.2 Å². The van der Waals surface area contributed by atoms with Crippen LogP contribution in [0.15, 0.2) is 6.33 Å². The molecule has 1 aromatic heterocycles. The third-order valence-electron chi connectivity index (χ3n) is 3.65. The van der Waals surface area contributed by atoms with Gasteiger partial charge in [-0.3, -0.25) is 0 Å². The standard InChI is InChI=1S/C13H17Cl2N3/c14-5-11-12(15)16-8-17-13(11)18(6-9-1-2-9)7-10-3-4-10/h8-10H,1-7H2. The van der Waals surface area contributed by atoms with E-state index < -0.39 is 0 Å². The fourth-order valence-corrected chi connectivity index (χ4v) is 2.75. The first kappa shape index (κ1) is 12.5. The van der Waals surface area contributed by atoms with Gasteiger partial charge >= 0.3 is 0 Å². The van der Waals surface area contributed by atoms with Crippen molar-refractivity contribution in [1.29, 1.82) is 0 Å². The third kappa shape index (κ3) is 2.89. The van der Waals surface area contributed by atoms with Gasteiger partial charge in [0.05, 0.1) is 5.88 Å². The number of nitrogens with zero attached hydrogens (tertiary/aromatic N) is 3. The van der Waals surface area contributed by atoms with Crippen LogP contribution in [0.25, 0.3) is 0 Å². The van der Waals surface area contributed by atoms with Gasteiger partial charge in [-0.05, 0) is 37.5 Å². The average molecular weight is 286 g/mol. The average Bonchev–Trinajstić information content (AvgIpc) is 3.22. The van der Waals surface area contributed by atoms with E-state index in [0.717, 1.165) is 36.3 Å². The fourth-order valence-electron chi connectivity index (χ4n) is 2.24. The van der Waals surface area contributed by atoms with E-state index >= 15 is 0 Å². The Bertz CT molecular complexity index is 416. The van der Waals surface area contributed by atoms with Crippen LogP contribution in [0, 0.1) is 11.8 Å². The highest BCUT2D eigenvalue weighted by atomic mass is 35.5. The van der Waals surface area contributed by atoms with Crippen LogP contribution in [0.1, 0.15) is 31.2 Å². The Hall–Kier alpha value is -0.540. The summed E-state index contributed by atoms with van der Waals surface area (Å²) in [7, 11) is 0. The van der Waals surface area contributed by atoms with Crippen LogP contribution in [0.3, 0.4) is 0 Å². The molecule has 98 valence electrons. The van der Waals surface area contributed by atoms with E-state index in [4.69, 9.17) is 23.2 Å². The second-order valence-electron chi connectivity index (χ2n) is 5.39. The van der Waals surface area contributed by atoms with Gasteiger partial charge in [0, 0.05) is 18.7 Å². The summed E-state index contributed by atoms with van der Waals surface area (Å²) in [6.45, 7) is 2.18. The van der Waals surface area contributed by atoms with Gasteiger partial charge in [-0.25, -0.2) is 9.97 Å². The largest absolute Gasteiger partial charge is 0.356 e. The van der Waals surface area contributed by atoms with E-state index in [-0.39, 0.29) is 0 Å². The molecular formula is C13H17Cl2N3. The van der Waals surface area contributed by atoms with Gasteiger partial charge in [-0.1, -0.05) is 11.6 Å². The minimum absolute atomic E-state index is 0.376. The maximum absolute atomic E-state index is 6.12. The highest BCUT2D eigenvalue weighted by Crippen LogP contribution is 2.37. The normalized spacial score (nSPS) is 19.0. The summed E-state index contributed by atoms with van der Waals surface area (Å²) < 4.78 is 0. The Morgan fingerprint density at radius 2 is 1.72 bits per heavy atom. The highest BCUT2D eigenvalue weighted by Gasteiger charge is 2.31. The Balaban J connectivity index is 1.84. The molecule has 0 bridgehead atoms. The van der Waals surface area contributed by atoms with Crippen LogP contribution in [-0.4, -0.2) is 23.1 Å². The number of aromatic nitrogens is 2. The number of halogens is 2. The number of hydrogen-bond acceptors (Lipinski definition) is 3. The van der Waals surface area contributed by atoms with Crippen molar-refractivity contribution in [2.75, 3.05) is 18.0 Å². The molecule has 0 N–H and O–H groups in total. The van der Waals surface area contributed by atoms with Crippen molar-refractivity contribution < 1.29 is 0 Å². The molecule has 0 atom stereocenters. The number of rotatable bonds is 6. The first-order chi connectivity index (χ1) is 8.78. The summed E-state index contributed by atoms with van der Waals surface area (Å²) in [4.78, 5) is 10.8. The van der Waals surface area contributed by atoms with Crippen LogP contribution in [-0.2, 0) is 5.88 Å². The number of hydrogen-bond donors (Lipinski definition) is 0. The minimum atomic E-state index is 0.376. The molecule has 3 rings (SSSR count). The van der Waals surface area contributed by atoms with E-state index in [9.17, 15) is 0 Å². The van der Waals surface area contributed by atoms with Crippen LogP contribution < -0.4 is 4.90 Å². The van der Waals surface area contributed by atoms with Crippen molar-refractivity contribution in [3.05, 3.63) is 17.0 Å². The van der Waals surface area contributed by atoms with E-state index in [0.29, 0.717) is 11.0 Å². The van der Waals surface area contributed by atoms with Crippen molar-refractivity contribution in [2.24, 2.45) is 11.8 Å². The topological polar surface area (TPSA) is 29.0 Å². The summed E-state index contributed by atoms with van der Waals surface area (Å²) in [6.07, 6.45) is 6.92. The highest BCUT2D eigenvalue weighted by molar-refractivity contribution is 6.31. The Morgan fingerprint density at radius 1 is 1.11 bits per heavy atom. The molecule has 5 heteroatoms. The molecule has 1 heterocycles. The molecule has 0 radical (unpaired) electrons. The molecular weight excluding hydrogens is 269 g/mol. The Kier molecular flexibility index (Phi) is 3.62. The molecule has 1 aromatic rings. The summed E-state index contributed by atoms with van der Waals surface area (Å²) in [5.41, 5.74) is 0.877. The van der Waals surface area contributed by atoms with Gasteiger partial charge in [-0.2, -0.15) is 0 Å². The van der Waals surface area contributed by atoms with Crippen LogP contribution in [0.5, 0.6) is 0 Å². The molecule has 3 nitrogen and oxygen atoms in total. The molecule has 0 saturated heterocycles. The van der Waals surface area contributed by atoms with E-state index in [1.807, 2.05) is 0 Å². The lowest BCUT2D eigenvalue weighted by molar-refractivity contribution is 0.668. The molecule has 2 aliphatic carbocycles. The summed E-state index contributed by atoms with van der Waals surface area (Å²) in [5.74, 6) is 2.99. The molecule has 2 aliphatic rings. The zero-order valence-corrected chi connectivity index (χ0v) is 11.8. The van der Waals surface area contributed by atoms with Gasteiger partial charge in [0.25, 0.3) is 0 Å². The lowest BCUT2D eigenvalue weighted by Crippen LogP contribution is -2.30. The maximum Gasteiger partial charge on any atom is 0.138 e. The van der Waals surface area contributed by atoms with Crippen molar-refractivity contribution in [3.8, 4) is 0 Å². The fraction of sp³-hybridized carbons (Fsp3) is 0.692. The van der Waals surface area contributed by atoms with Gasteiger partial charge < -0.3 is 4.90 Å². The molecule has 2 saturated carbocycles. The Labute approximate surface area is 118 Å². The molecule has 2 fully saturated rings. The van der Waals surface area contributed by atoms with Crippen molar-refractivity contribution in [2.45, 2.75) is 31.6 Å². The van der Waals surface area contributed by atoms with Crippen molar-refractivity contribution in [3.63, 3.8) is 0 Å². The van der Waals surface area contributed by atoms with Gasteiger partial charge in [0.1, 0.15) is 17.3 Å². The van der Waals surface area contributed by atoms with Crippen molar-refractivity contribution in [1.82, 2.24) is 9.97 Å². The predicted molar refractivity (Wildman–Crippen MR) is 74.3 cm³/mol. The molecule has 0 aromatic carbocycles.